The molecule has 0 spiro atoms. The summed E-state index contributed by atoms with van der Waals surface area (Å²) in [7, 11) is 0. The summed E-state index contributed by atoms with van der Waals surface area (Å²) < 4.78 is 8.44. The maximum Gasteiger partial charge on any atom is 0.285 e. The molecule has 5 fully saturated rings. The zero-order valence-corrected chi connectivity index (χ0v) is 23.3. The number of aromatic nitrogens is 1. The van der Waals surface area contributed by atoms with E-state index < -0.39 is 0 Å². The smallest absolute Gasteiger partial charge is 0.285 e. The SMILES string of the molecule is O=C1/C(=C/c2cn(CCOc3ccccc3)c3ccccc23)SC(=S)N1NC(=O)C12CC3CC(CC(C3)C1)C2. The molecule has 1 aromatic heterocycles. The predicted molar refractivity (Wildman–Crippen MR) is 158 cm³/mol. The molecule has 2 amide bonds. The fourth-order valence-corrected chi connectivity index (χ4v) is 8.84. The summed E-state index contributed by atoms with van der Waals surface area (Å²) in [5, 5.41) is 2.36. The molecular formula is C31H31N3O3S2. The van der Waals surface area contributed by atoms with Gasteiger partial charge in [-0.1, -0.05) is 48.2 Å². The van der Waals surface area contributed by atoms with Crippen LogP contribution in [0.1, 0.15) is 44.1 Å². The Hall–Kier alpha value is -3.10. The van der Waals surface area contributed by atoms with Crippen molar-refractivity contribution in [1.82, 2.24) is 15.0 Å². The second kappa shape index (κ2) is 9.82. The van der Waals surface area contributed by atoms with Crippen molar-refractivity contribution < 1.29 is 14.3 Å². The molecule has 4 aliphatic carbocycles. The van der Waals surface area contributed by atoms with Crippen LogP contribution in [0.3, 0.4) is 0 Å². The summed E-state index contributed by atoms with van der Waals surface area (Å²) in [5.41, 5.74) is 4.64. The molecular weight excluding hydrogens is 526 g/mol. The average molecular weight is 558 g/mol. The number of thiocarbonyl (C=S) groups is 1. The van der Waals surface area contributed by atoms with Gasteiger partial charge in [-0.25, -0.2) is 0 Å². The van der Waals surface area contributed by atoms with Crippen LogP contribution in [0, 0.1) is 23.2 Å². The highest BCUT2D eigenvalue weighted by atomic mass is 32.2. The number of hydrazine groups is 1. The van der Waals surface area contributed by atoms with Gasteiger partial charge in [0.15, 0.2) is 4.32 Å². The fraction of sp³-hybridized carbons (Fsp3) is 0.387. The predicted octanol–water partition coefficient (Wildman–Crippen LogP) is 6.17. The number of nitrogens with zero attached hydrogens (tertiary/aromatic N) is 2. The number of hydrogen-bond acceptors (Lipinski definition) is 5. The van der Waals surface area contributed by atoms with Crippen LogP contribution >= 0.6 is 24.0 Å². The van der Waals surface area contributed by atoms with Crippen LogP contribution in [0.5, 0.6) is 5.75 Å². The first kappa shape index (κ1) is 24.9. The van der Waals surface area contributed by atoms with Gasteiger partial charge in [0.2, 0.25) is 5.91 Å². The molecule has 5 aliphatic rings. The van der Waals surface area contributed by atoms with E-state index in [1.165, 1.54) is 36.0 Å². The van der Waals surface area contributed by atoms with E-state index in [4.69, 9.17) is 17.0 Å². The molecule has 8 rings (SSSR count). The summed E-state index contributed by atoms with van der Waals surface area (Å²) in [4.78, 5) is 27.6. The van der Waals surface area contributed by atoms with E-state index in [0.29, 0.717) is 40.1 Å². The van der Waals surface area contributed by atoms with E-state index in [-0.39, 0.29) is 17.2 Å². The molecule has 1 N–H and O–H groups in total. The van der Waals surface area contributed by atoms with Crippen molar-refractivity contribution >= 4 is 57.1 Å². The van der Waals surface area contributed by atoms with Gasteiger partial charge >= 0.3 is 0 Å². The number of carbonyl (C=O) groups is 2. The quantitative estimate of drug-likeness (QED) is 0.278. The third-order valence-corrected chi connectivity index (χ3v) is 10.3. The Morgan fingerprint density at radius 1 is 1.03 bits per heavy atom. The molecule has 4 saturated carbocycles. The summed E-state index contributed by atoms with van der Waals surface area (Å²) in [5.74, 6) is 2.53. The number of fused-ring (bicyclic) bond motifs is 1. The first-order valence-corrected chi connectivity index (χ1v) is 15.0. The lowest BCUT2D eigenvalue weighted by Gasteiger charge is -2.55. The number of benzene rings is 2. The number of nitrogens with one attached hydrogen (secondary N) is 1. The third-order valence-electron chi connectivity index (χ3n) is 8.98. The Labute approximate surface area is 237 Å². The lowest BCUT2D eigenvalue weighted by atomic mass is 9.49. The highest BCUT2D eigenvalue weighted by molar-refractivity contribution is 8.26. The molecule has 1 saturated heterocycles. The molecule has 39 heavy (non-hydrogen) atoms. The van der Waals surface area contributed by atoms with Gasteiger partial charge in [-0.2, -0.15) is 5.01 Å². The van der Waals surface area contributed by atoms with Gasteiger partial charge in [-0.15, -0.1) is 0 Å². The molecule has 2 heterocycles. The van der Waals surface area contributed by atoms with Crippen molar-refractivity contribution in [1.29, 1.82) is 0 Å². The van der Waals surface area contributed by atoms with Crippen molar-refractivity contribution in [2.24, 2.45) is 23.2 Å². The largest absolute Gasteiger partial charge is 0.492 e. The number of hydrogen-bond donors (Lipinski definition) is 1. The van der Waals surface area contributed by atoms with Gasteiger partial charge in [0, 0.05) is 22.7 Å². The maximum absolute atomic E-state index is 13.6. The molecule has 3 aromatic rings. The van der Waals surface area contributed by atoms with Crippen LogP contribution in [0.25, 0.3) is 17.0 Å². The summed E-state index contributed by atoms with van der Waals surface area (Å²) in [6.45, 7) is 1.20. The second-order valence-electron chi connectivity index (χ2n) is 11.6. The lowest BCUT2D eigenvalue weighted by molar-refractivity contribution is -0.152. The molecule has 1 aliphatic heterocycles. The van der Waals surface area contributed by atoms with Gasteiger partial charge in [0.25, 0.3) is 5.91 Å². The zero-order chi connectivity index (χ0) is 26.6. The highest BCUT2D eigenvalue weighted by Crippen LogP contribution is 2.60. The molecule has 0 radical (unpaired) electrons. The first-order valence-electron chi connectivity index (χ1n) is 13.8. The molecule has 2 aromatic carbocycles. The molecule has 200 valence electrons. The summed E-state index contributed by atoms with van der Waals surface area (Å²) in [6.07, 6.45) is 10.6. The molecule has 0 atom stereocenters. The monoisotopic (exact) mass is 557 g/mol. The number of para-hydroxylation sites is 2. The summed E-state index contributed by atoms with van der Waals surface area (Å²) >= 11 is 6.82. The van der Waals surface area contributed by atoms with Crippen LogP contribution in [-0.4, -0.2) is 32.3 Å². The first-order chi connectivity index (χ1) is 19.0. The van der Waals surface area contributed by atoms with Gasteiger partial charge in [-0.05, 0) is 92.8 Å². The lowest BCUT2D eigenvalue weighted by Crippen LogP contribution is -2.57. The Balaban J connectivity index is 1.08. The normalized spacial score (nSPS) is 28.6. The van der Waals surface area contributed by atoms with Crippen molar-refractivity contribution in [3.05, 3.63) is 71.3 Å². The number of rotatable bonds is 7. The van der Waals surface area contributed by atoms with Crippen LogP contribution in [-0.2, 0) is 16.1 Å². The van der Waals surface area contributed by atoms with E-state index in [2.05, 4.69) is 28.3 Å². The van der Waals surface area contributed by atoms with E-state index in [1.807, 2.05) is 48.5 Å². The Kier molecular flexibility index (Phi) is 6.27. The van der Waals surface area contributed by atoms with E-state index in [9.17, 15) is 9.59 Å². The van der Waals surface area contributed by atoms with Gasteiger partial charge in [0.05, 0.1) is 16.9 Å². The Bertz CT molecular complexity index is 1460. The fourth-order valence-electron chi connectivity index (χ4n) is 7.67. The number of thioether (sulfide) groups is 1. The Morgan fingerprint density at radius 2 is 1.69 bits per heavy atom. The Morgan fingerprint density at radius 3 is 2.41 bits per heavy atom. The minimum atomic E-state index is -0.336. The standard InChI is InChI=1S/C31H31N3O3S2/c35-28-27(39-30(38)34(28)32-29(36)31-16-20-12-21(17-31)14-22(13-20)18-31)15-23-19-33(26-9-5-4-8-25(23)26)10-11-37-24-6-2-1-3-7-24/h1-9,15,19-22H,10-14,16-18H2,(H,32,36)/b27-15-. The van der Waals surface area contributed by atoms with Crippen LogP contribution in [0.4, 0.5) is 0 Å². The van der Waals surface area contributed by atoms with E-state index in [0.717, 1.165) is 41.5 Å². The van der Waals surface area contributed by atoms with Gasteiger partial charge in [0.1, 0.15) is 12.4 Å². The minimum Gasteiger partial charge on any atom is -0.492 e. The second-order valence-corrected chi connectivity index (χ2v) is 13.3. The molecule has 0 unspecified atom stereocenters. The van der Waals surface area contributed by atoms with Gasteiger partial charge in [-0.3, -0.25) is 15.0 Å². The third kappa shape index (κ3) is 4.57. The zero-order valence-electron chi connectivity index (χ0n) is 21.7. The van der Waals surface area contributed by atoms with Crippen molar-refractivity contribution in [3.8, 4) is 5.75 Å². The van der Waals surface area contributed by atoms with Crippen molar-refractivity contribution in [3.63, 3.8) is 0 Å². The van der Waals surface area contributed by atoms with Gasteiger partial charge < -0.3 is 9.30 Å². The molecule has 6 nitrogen and oxygen atoms in total. The maximum atomic E-state index is 13.6. The topological polar surface area (TPSA) is 63.6 Å². The van der Waals surface area contributed by atoms with Crippen LogP contribution in [0.15, 0.2) is 65.7 Å². The van der Waals surface area contributed by atoms with Crippen molar-refractivity contribution in [2.75, 3.05) is 6.61 Å². The molecule has 4 bridgehead atoms. The number of ether oxygens (including phenoxy) is 1. The van der Waals surface area contributed by atoms with Crippen LogP contribution < -0.4 is 10.2 Å². The van der Waals surface area contributed by atoms with Crippen molar-refractivity contribution in [2.45, 2.75) is 45.1 Å². The summed E-state index contributed by atoms with van der Waals surface area (Å²) in [6, 6.07) is 17.9. The number of amides is 2. The average Bonchev–Trinajstić information content (AvgIpc) is 3.40. The van der Waals surface area contributed by atoms with E-state index >= 15 is 0 Å². The van der Waals surface area contributed by atoms with Crippen LogP contribution in [0.2, 0.25) is 0 Å². The van der Waals surface area contributed by atoms with E-state index in [1.54, 1.807) is 0 Å². The molecule has 8 heteroatoms. The number of carbonyl (C=O) groups excluding carboxylic acids is 2. The highest BCUT2D eigenvalue weighted by Gasteiger charge is 2.55. The minimum absolute atomic E-state index is 0.0193.